The number of nitrogens with zero attached hydrogens (tertiary/aromatic N) is 1. The maximum atomic E-state index is 11.8. The van der Waals surface area contributed by atoms with Gasteiger partial charge in [-0.25, -0.2) is 4.79 Å². The predicted molar refractivity (Wildman–Crippen MR) is 67.1 cm³/mol. The van der Waals surface area contributed by atoms with E-state index in [1.54, 1.807) is 4.90 Å². The number of hydrogen-bond acceptors (Lipinski definition) is 3. The van der Waals surface area contributed by atoms with E-state index in [1.807, 2.05) is 27.7 Å². The number of amides is 1. The van der Waals surface area contributed by atoms with Crippen molar-refractivity contribution in [3.63, 3.8) is 0 Å². The predicted octanol–water partition coefficient (Wildman–Crippen LogP) is 2.03. The van der Waals surface area contributed by atoms with E-state index in [9.17, 15) is 4.79 Å². The van der Waals surface area contributed by atoms with Crippen LogP contribution >= 0.6 is 12.4 Å². The van der Waals surface area contributed by atoms with Gasteiger partial charge >= 0.3 is 6.09 Å². The van der Waals surface area contributed by atoms with E-state index in [4.69, 9.17) is 4.74 Å². The minimum absolute atomic E-state index is 0. The van der Waals surface area contributed by atoms with E-state index in [-0.39, 0.29) is 24.5 Å². The van der Waals surface area contributed by atoms with Crippen LogP contribution in [0, 0.1) is 0 Å². The Labute approximate surface area is 104 Å². The Bertz CT molecular complexity index is 241. The summed E-state index contributed by atoms with van der Waals surface area (Å²) < 4.78 is 5.36. The van der Waals surface area contributed by atoms with Crippen LogP contribution in [0.4, 0.5) is 4.79 Å². The van der Waals surface area contributed by atoms with Crippen LogP contribution in [0.3, 0.4) is 0 Å². The van der Waals surface area contributed by atoms with Gasteiger partial charge in [-0.15, -0.1) is 12.4 Å². The lowest BCUT2D eigenvalue weighted by atomic mass is 10.1. The number of carbonyl (C=O) groups excluding carboxylic acids is 1. The molecule has 0 aromatic carbocycles. The van der Waals surface area contributed by atoms with Crippen LogP contribution in [0.5, 0.6) is 0 Å². The second-order valence-electron chi connectivity index (χ2n) is 5.16. The summed E-state index contributed by atoms with van der Waals surface area (Å²) in [5.74, 6) is 0. The third-order valence-corrected chi connectivity index (χ3v) is 2.66. The molecule has 16 heavy (non-hydrogen) atoms. The molecular weight excluding hydrogens is 228 g/mol. The minimum atomic E-state index is -0.412. The molecule has 1 amide bonds. The van der Waals surface area contributed by atoms with Crippen LogP contribution in [0.25, 0.3) is 0 Å². The lowest BCUT2D eigenvalue weighted by Crippen LogP contribution is -2.57. The quantitative estimate of drug-likeness (QED) is 0.715. The zero-order valence-corrected chi connectivity index (χ0v) is 11.6. The Morgan fingerprint density at radius 1 is 1.38 bits per heavy atom. The molecule has 4 nitrogen and oxygen atoms in total. The third-order valence-electron chi connectivity index (χ3n) is 2.66. The molecule has 0 radical (unpaired) electrons. The number of piperazine rings is 1. The van der Waals surface area contributed by atoms with Crippen LogP contribution in [0.2, 0.25) is 0 Å². The maximum absolute atomic E-state index is 11.8. The fraction of sp³-hybridized carbons (Fsp3) is 0.909. The summed E-state index contributed by atoms with van der Waals surface area (Å²) in [6.07, 6.45) is -0.205. The topological polar surface area (TPSA) is 41.6 Å². The first-order valence-electron chi connectivity index (χ1n) is 5.54. The number of carbonyl (C=O) groups is 1. The van der Waals surface area contributed by atoms with Crippen molar-refractivity contribution in [2.45, 2.75) is 52.3 Å². The summed E-state index contributed by atoms with van der Waals surface area (Å²) in [5, 5.41) is 3.33. The zero-order valence-electron chi connectivity index (χ0n) is 10.7. The Balaban J connectivity index is 0.00000225. The van der Waals surface area contributed by atoms with Gasteiger partial charge in [0.15, 0.2) is 0 Å². The Hall–Kier alpha value is -0.480. The van der Waals surface area contributed by atoms with Crippen molar-refractivity contribution in [2.24, 2.45) is 0 Å². The fourth-order valence-corrected chi connectivity index (χ4v) is 1.63. The van der Waals surface area contributed by atoms with Gasteiger partial charge in [0.25, 0.3) is 0 Å². The fourth-order valence-electron chi connectivity index (χ4n) is 1.63. The number of halogens is 1. The van der Waals surface area contributed by atoms with Crippen molar-refractivity contribution < 1.29 is 9.53 Å². The summed E-state index contributed by atoms with van der Waals surface area (Å²) in [6, 6.07) is 0.514. The van der Waals surface area contributed by atoms with Crippen molar-refractivity contribution in [1.82, 2.24) is 10.2 Å². The highest BCUT2D eigenvalue weighted by Crippen LogP contribution is 2.15. The summed E-state index contributed by atoms with van der Waals surface area (Å²) >= 11 is 0. The average molecular weight is 251 g/mol. The van der Waals surface area contributed by atoms with E-state index in [2.05, 4.69) is 12.2 Å². The van der Waals surface area contributed by atoms with Gasteiger partial charge in [-0.1, -0.05) is 0 Å². The molecule has 0 aromatic rings. The highest BCUT2D eigenvalue weighted by molar-refractivity contribution is 5.85. The minimum Gasteiger partial charge on any atom is -0.444 e. The van der Waals surface area contributed by atoms with Crippen LogP contribution in [0.1, 0.15) is 34.6 Å². The number of hydrogen-bond donors (Lipinski definition) is 1. The first-order valence-corrected chi connectivity index (χ1v) is 5.54. The first-order chi connectivity index (χ1) is 6.81. The maximum Gasteiger partial charge on any atom is 0.410 e. The molecule has 0 saturated carbocycles. The van der Waals surface area contributed by atoms with Gasteiger partial charge in [0, 0.05) is 25.2 Å². The standard InChI is InChI=1S/C11H22N2O2.ClH/c1-8-9(2)13(7-6-12-8)10(14)15-11(3,4)5;/h8-9,12H,6-7H2,1-5H3;1H/t8-,9-;/m0./s1. The molecule has 96 valence electrons. The van der Waals surface area contributed by atoms with Crippen LogP contribution in [0.15, 0.2) is 0 Å². The number of ether oxygens (including phenoxy) is 1. The summed E-state index contributed by atoms with van der Waals surface area (Å²) in [6.45, 7) is 11.4. The molecule has 1 aliphatic rings. The van der Waals surface area contributed by atoms with E-state index < -0.39 is 5.60 Å². The van der Waals surface area contributed by atoms with Crippen molar-refractivity contribution in [1.29, 1.82) is 0 Å². The van der Waals surface area contributed by atoms with Gasteiger partial charge in [0.1, 0.15) is 5.60 Å². The molecule has 5 heteroatoms. The second kappa shape index (κ2) is 5.73. The highest BCUT2D eigenvalue weighted by atomic mass is 35.5. The van der Waals surface area contributed by atoms with Crippen LogP contribution in [-0.2, 0) is 4.74 Å². The second-order valence-corrected chi connectivity index (χ2v) is 5.16. The van der Waals surface area contributed by atoms with Crippen molar-refractivity contribution in [3.8, 4) is 0 Å². The molecule has 0 bridgehead atoms. The average Bonchev–Trinajstić information content (AvgIpc) is 2.06. The lowest BCUT2D eigenvalue weighted by molar-refractivity contribution is 0.00927. The Kier molecular flexibility index (Phi) is 5.56. The van der Waals surface area contributed by atoms with Gasteiger partial charge in [-0.05, 0) is 34.6 Å². The van der Waals surface area contributed by atoms with Gasteiger partial charge in [0.05, 0.1) is 0 Å². The molecule has 1 N–H and O–H groups in total. The van der Waals surface area contributed by atoms with Crippen molar-refractivity contribution >= 4 is 18.5 Å². The van der Waals surface area contributed by atoms with Crippen LogP contribution < -0.4 is 5.32 Å². The summed E-state index contributed by atoms with van der Waals surface area (Å²) in [4.78, 5) is 13.6. The number of rotatable bonds is 0. The molecule has 1 fully saturated rings. The Morgan fingerprint density at radius 2 is 1.94 bits per heavy atom. The highest BCUT2D eigenvalue weighted by Gasteiger charge is 2.31. The molecule has 1 rings (SSSR count). The van der Waals surface area contributed by atoms with Gasteiger partial charge in [-0.3, -0.25) is 0 Å². The largest absolute Gasteiger partial charge is 0.444 e. The third kappa shape index (κ3) is 4.18. The molecule has 0 unspecified atom stereocenters. The van der Waals surface area contributed by atoms with Gasteiger partial charge in [-0.2, -0.15) is 0 Å². The molecule has 2 atom stereocenters. The SMILES string of the molecule is C[C@@H]1NCCN(C(=O)OC(C)(C)C)[C@H]1C.Cl. The first kappa shape index (κ1) is 15.5. The summed E-state index contributed by atoms with van der Waals surface area (Å²) in [7, 11) is 0. The van der Waals surface area contributed by atoms with Crippen molar-refractivity contribution in [2.75, 3.05) is 13.1 Å². The van der Waals surface area contributed by atoms with E-state index >= 15 is 0 Å². The monoisotopic (exact) mass is 250 g/mol. The van der Waals surface area contributed by atoms with Crippen LogP contribution in [-0.4, -0.2) is 41.8 Å². The zero-order chi connectivity index (χ0) is 11.6. The Morgan fingerprint density at radius 3 is 2.44 bits per heavy atom. The lowest BCUT2D eigenvalue weighted by Gasteiger charge is -2.39. The van der Waals surface area contributed by atoms with E-state index in [0.717, 1.165) is 13.1 Å². The molecule has 0 aliphatic carbocycles. The van der Waals surface area contributed by atoms with E-state index in [1.165, 1.54) is 0 Å². The van der Waals surface area contributed by atoms with E-state index in [0.29, 0.717) is 6.04 Å². The normalized spacial score (nSPS) is 25.9. The molecule has 0 spiro atoms. The summed E-state index contributed by atoms with van der Waals surface area (Å²) in [5.41, 5.74) is -0.412. The molecule has 0 aromatic heterocycles. The molecule has 1 aliphatic heterocycles. The molecule has 1 saturated heterocycles. The van der Waals surface area contributed by atoms with Crippen molar-refractivity contribution in [3.05, 3.63) is 0 Å². The number of nitrogens with one attached hydrogen (secondary N) is 1. The molecule has 1 heterocycles. The van der Waals surface area contributed by atoms with Gasteiger partial charge in [0.2, 0.25) is 0 Å². The molecular formula is C11H23ClN2O2. The van der Waals surface area contributed by atoms with Gasteiger partial charge < -0.3 is 15.0 Å². The smallest absolute Gasteiger partial charge is 0.410 e.